The smallest absolute Gasteiger partial charge is 0.229 e. The number of rotatable bonds is 5. The Morgan fingerprint density at radius 1 is 1.23 bits per heavy atom. The van der Waals surface area contributed by atoms with Crippen LogP contribution in [0, 0.1) is 11.8 Å². The zero-order valence-electron chi connectivity index (χ0n) is 15.5. The average molecular weight is 353 g/mol. The first kappa shape index (κ1) is 16.1. The molecule has 1 aliphatic carbocycles. The molecule has 138 valence electrons. The van der Waals surface area contributed by atoms with E-state index in [4.69, 9.17) is 4.98 Å². The quantitative estimate of drug-likeness (QED) is 0.890. The van der Waals surface area contributed by atoms with Gasteiger partial charge in [0.1, 0.15) is 5.82 Å². The molecule has 4 atom stereocenters. The molecular weight excluding hydrogens is 326 g/mol. The Kier molecular flexibility index (Phi) is 3.85. The largest absolute Gasteiger partial charge is 0.353 e. The van der Waals surface area contributed by atoms with E-state index in [0.717, 1.165) is 36.4 Å². The summed E-state index contributed by atoms with van der Waals surface area (Å²) in [5, 5.41) is 7.43. The molecule has 2 saturated heterocycles. The van der Waals surface area contributed by atoms with Gasteiger partial charge in [-0.2, -0.15) is 10.1 Å². The Morgan fingerprint density at radius 2 is 2.00 bits per heavy atom. The van der Waals surface area contributed by atoms with Crippen molar-refractivity contribution < 1.29 is 0 Å². The summed E-state index contributed by atoms with van der Waals surface area (Å²) in [4.78, 5) is 14.4. The van der Waals surface area contributed by atoms with Crippen LogP contribution >= 0.6 is 0 Å². The van der Waals surface area contributed by atoms with Crippen LogP contribution in [0.15, 0.2) is 24.7 Å². The van der Waals surface area contributed by atoms with Gasteiger partial charge in [-0.3, -0.25) is 9.58 Å². The van der Waals surface area contributed by atoms with E-state index in [0.29, 0.717) is 18.0 Å². The maximum Gasteiger partial charge on any atom is 0.229 e. The summed E-state index contributed by atoms with van der Waals surface area (Å²) in [7, 11) is 1.90. The predicted molar refractivity (Wildman–Crippen MR) is 102 cm³/mol. The maximum atomic E-state index is 4.76. The summed E-state index contributed by atoms with van der Waals surface area (Å²) in [6.45, 7) is 5.87. The van der Waals surface area contributed by atoms with Crippen molar-refractivity contribution >= 4 is 17.5 Å². The molecule has 2 bridgehead atoms. The Balaban J connectivity index is 1.28. The van der Waals surface area contributed by atoms with Crippen LogP contribution < -0.4 is 10.2 Å². The molecule has 3 aliphatic rings. The molecule has 26 heavy (non-hydrogen) atoms. The molecule has 0 radical (unpaired) electrons. The van der Waals surface area contributed by atoms with Gasteiger partial charge in [0.05, 0.1) is 11.9 Å². The second-order valence-electron chi connectivity index (χ2n) is 8.23. The minimum Gasteiger partial charge on any atom is -0.353 e. The second kappa shape index (κ2) is 6.23. The second-order valence-corrected chi connectivity index (χ2v) is 8.23. The standard InChI is InChI=1S/C19H27N7/c1-13-7-14(13)9-26-16-3-4-17(26)12-25(11-16)18-5-6-20-19(23-18)22-15-8-21-24(2)10-15/h5-6,8,10,13-14,16-17H,3-4,7,9,11-12H2,1-2H3,(H,20,22,23)/t13?,14?,16-,17+. The van der Waals surface area contributed by atoms with Crippen molar-refractivity contribution in [2.75, 3.05) is 29.9 Å². The molecule has 4 heterocycles. The van der Waals surface area contributed by atoms with Gasteiger partial charge in [-0.25, -0.2) is 4.98 Å². The number of piperazine rings is 1. The van der Waals surface area contributed by atoms with Crippen molar-refractivity contribution in [2.45, 2.75) is 38.3 Å². The summed E-state index contributed by atoms with van der Waals surface area (Å²) in [6.07, 6.45) is 9.64. The highest BCUT2D eigenvalue weighted by atomic mass is 15.4. The molecule has 7 nitrogen and oxygen atoms in total. The number of fused-ring (bicyclic) bond motifs is 2. The van der Waals surface area contributed by atoms with Gasteiger partial charge in [-0.1, -0.05) is 6.92 Å². The third-order valence-corrected chi connectivity index (χ3v) is 6.28. The maximum absolute atomic E-state index is 4.76. The third-order valence-electron chi connectivity index (χ3n) is 6.28. The monoisotopic (exact) mass is 353 g/mol. The number of hydrogen-bond donors (Lipinski definition) is 1. The molecular formula is C19H27N7. The topological polar surface area (TPSA) is 62.1 Å². The average Bonchev–Trinajstić information content (AvgIpc) is 3.09. The van der Waals surface area contributed by atoms with E-state index in [1.165, 1.54) is 25.8 Å². The van der Waals surface area contributed by atoms with Crippen LogP contribution in [-0.2, 0) is 7.05 Å². The van der Waals surface area contributed by atoms with Crippen molar-refractivity contribution in [1.82, 2.24) is 24.6 Å². The molecule has 0 aromatic carbocycles. The molecule has 0 spiro atoms. The summed E-state index contributed by atoms with van der Waals surface area (Å²) >= 11 is 0. The van der Waals surface area contributed by atoms with Crippen LogP contribution in [0.3, 0.4) is 0 Å². The molecule has 7 heteroatoms. The Labute approximate surface area is 154 Å². The molecule has 3 fully saturated rings. The zero-order valence-corrected chi connectivity index (χ0v) is 15.5. The van der Waals surface area contributed by atoms with Crippen molar-refractivity contribution in [3.63, 3.8) is 0 Å². The van der Waals surface area contributed by atoms with Gasteiger partial charge in [0.15, 0.2) is 0 Å². The van der Waals surface area contributed by atoms with Crippen LogP contribution in [0.1, 0.15) is 26.2 Å². The fraction of sp³-hybridized carbons (Fsp3) is 0.632. The first-order valence-corrected chi connectivity index (χ1v) is 9.75. The summed E-state index contributed by atoms with van der Waals surface area (Å²) in [5.41, 5.74) is 0.910. The lowest BCUT2D eigenvalue weighted by molar-refractivity contribution is 0.159. The fourth-order valence-electron chi connectivity index (χ4n) is 4.60. The molecule has 1 saturated carbocycles. The highest BCUT2D eigenvalue weighted by Gasteiger charge is 2.44. The number of anilines is 3. The van der Waals surface area contributed by atoms with Gasteiger partial charge in [-0.15, -0.1) is 0 Å². The van der Waals surface area contributed by atoms with Crippen LogP contribution in [0.2, 0.25) is 0 Å². The normalized spacial score (nSPS) is 30.6. The van der Waals surface area contributed by atoms with E-state index in [1.807, 2.05) is 25.5 Å². The van der Waals surface area contributed by atoms with Crippen molar-refractivity contribution in [3.8, 4) is 0 Å². The Morgan fingerprint density at radius 3 is 2.65 bits per heavy atom. The third kappa shape index (κ3) is 3.05. The van der Waals surface area contributed by atoms with Gasteiger partial charge in [-0.05, 0) is 37.2 Å². The molecule has 5 rings (SSSR count). The molecule has 2 aliphatic heterocycles. The molecule has 2 unspecified atom stereocenters. The van der Waals surface area contributed by atoms with E-state index in [1.54, 1.807) is 10.9 Å². The van der Waals surface area contributed by atoms with Gasteiger partial charge >= 0.3 is 0 Å². The van der Waals surface area contributed by atoms with E-state index in [9.17, 15) is 0 Å². The van der Waals surface area contributed by atoms with Gasteiger partial charge in [0.2, 0.25) is 5.95 Å². The number of nitrogens with zero attached hydrogens (tertiary/aromatic N) is 6. The van der Waals surface area contributed by atoms with Crippen molar-refractivity contribution in [1.29, 1.82) is 0 Å². The van der Waals surface area contributed by atoms with Crippen LogP contribution in [0.5, 0.6) is 0 Å². The van der Waals surface area contributed by atoms with Gasteiger partial charge < -0.3 is 10.2 Å². The number of aromatic nitrogens is 4. The molecule has 2 aromatic rings. The SMILES string of the molecule is CC1CC1CN1[C@@H]2CC[C@H]1CN(c1ccnc(Nc3cnn(C)c3)n1)C2. The van der Waals surface area contributed by atoms with Crippen LogP contribution in [0.25, 0.3) is 0 Å². The fourth-order valence-corrected chi connectivity index (χ4v) is 4.60. The molecule has 1 N–H and O–H groups in total. The van der Waals surface area contributed by atoms with Crippen molar-refractivity contribution in [2.24, 2.45) is 18.9 Å². The summed E-state index contributed by atoms with van der Waals surface area (Å²) < 4.78 is 1.77. The van der Waals surface area contributed by atoms with Crippen LogP contribution in [-0.4, -0.2) is 56.4 Å². The van der Waals surface area contributed by atoms with E-state index >= 15 is 0 Å². The van der Waals surface area contributed by atoms with Crippen molar-refractivity contribution in [3.05, 3.63) is 24.7 Å². The van der Waals surface area contributed by atoms with Crippen LogP contribution in [0.4, 0.5) is 17.5 Å². The lowest BCUT2D eigenvalue weighted by Gasteiger charge is -2.41. The van der Waals surface area contributed by atoms with E-state index in [-0.39, 0.29) is 0 Å². The number of aryl methyl sites for hydroxylation is 1. The highest BCUT2D eigenvalue weighted by molar-refractivity contribution is 5.53. The molecule has 0 amide bonds. The first-order valence-electron chi connectivity index (χ1n) is 9.75. The van der Waals surface area contributed by atoms with Gasteiger partial charge in [0, 0.05) is 51.2 Å². The minimum atomic E-state index is 0.636. The number of hydrogen-bond acceptors (Lipinski definition) is 6. The Bertz CT molecular complexity index is 774. The predicted octanol–water partition coefficient (Wildman–Crippen LogP) is 2.26. The lowest BCUT2D eigenvalue weighted by Crippen LogP contribution is -2.54. The van der Waals surface area contributed by atoms with Gasteiger partial charge in [0.25, 0.3) is 0 Å². The molecule has 2 aromatic heterocycles. The Hall–Kier alpha value is -2.15. The zero-order chi connectivity index (χ0) is 17.7. The highest BCUT2D eigenvalue weighted by Crippen LogP contribution is 2.42. The summed E-state index contributed by atoms with van der Waals surface area (Å²) in [5.74, 6) is 3.55. The minimum absolute atomic E-state index is 0.636. The first-order chi connectivity index (χ1) is 12.7. The summed E-state index contributed by atoms with van der Waals surface area (Å²) in [6, 6.07) is 3.41. The van der Waals surface area contributed by atoms with E-state index in [2.05, 4.69) is 32.1 Å². The lowest BCUT2D eigenvalue weighted by atomic mass is 10.1. The van der Waals surface area contributed by atoms with E-state index < -0.39 is 0 Å². The number of nitrogens with one attached hydrogen (secondary N) is 1.